The van der Waals surface area contributed by atoms with Gasteiger partial charge in [0.2, 0.25) is 15.9 Å². The summed E-state index contributed by atoms with van der Waals surface area (Å²) in [5.41, 5.74) is 1.48. The van der Waals surface area contributed by atoms with Gasteiger partial charge in [-0.25, -0.2) is 17.1 Å². The number of rotatable bonds is 4. The molecule has 1 amide bonds. The Morgan fingerprint density at radius 2 is 1.82 bits per heavy atom. The van der Waals surface area contributed by atoms with Gasteiger partial charge in [0.05, 0.1) is 11.8 Å². The van der Waals surface area contributed by atoms with Crippen molar-refractivity contribution in [2.45, 2.75) is 18.7 Å². The first-order chi connectivity index (χ1) is 13.3. The molecule has 2 aliphatic heterocycles. The zero-order valence-corrected chi connectivity index (χ0v) is 16.5. The molecule has 2 fully saturated rings. The van der Waals surface area contributed by atoms with E-state index in [0.717, 1.165) is 11.1 Å². The molecular weight excluding hydrogens is 379 g/mol. The van der Waals surface area contributed by atoms with Crippen LogP contribution in [-0.4, -0.2) is 43.2 Å². The van der Waals surface area contributed by atoms with E-state index >= 15 is 0 Å². The van der Waals surface area contributed by atoms with Crippen molar-refractivity contribution < 1.29 is 17.6 Å². The molecule has 4 rings (SSSR count). The maximum atomic E-state index is 13.8. The molecule has 0 unspecified atom stereocenters. The fourth-order valence-electron chi connectivity index (χ4n) is 4.55. The van der Waals surface area contributed by atoms with Crippen molar-refractivity contribution in [3.8, 4) is 0 Å². The maximum Gasteiger partial charge on any atom is 0.219 e. The fourth-order valence-corrected chi connectivity index (χ4v) is 6.16. The topological polar surface area (TPSA) is 57.7 Å². The second kappa shape index (κ2) is 7.29. The minimum Gasteiger partial charge on any atom is -0.335 e. The quantitative estimate of drug-likeness (QED) is 0.790. The molecular formula is C21H23FN2O3S. The van der Waals surface area contributed by atoms with Crippen molar-refractivity contribution in [2.24, 2.45) is 11.8 Å². The van der Waals surface area contributed by atoms with Crippen molar-refractivity contribution in [3.05, 3.63) is 71.5 Å². The van der Waals surface area contributed by atoms with Crippen LogP contribution < -0.4 is 0 Å². The number of hydrogen-bond acceptors (Lipinski definition) is 3. The molecule has 0 aromatic heterocycles. The minimum absolute atomic E-state index is 0.0313. The average Bonchev–Trinajstić information content (AvgIpc) is 3.20. The van der Waals surface area contributed by atoms with Crippen LogP contribution in [0.15, 0.2) is 54.6 Å². The summed E-state index contributed by atoms with van der Waals surface area (Å²) in [4.78, 5) is 13.9. The summed E-state index contributed by atoms with van der Waals surface area (Å²) in [5, 5.41) is 0. The summed E-state index contributed by atoms with van der Waals surface area (Å²) in [6.45, 7) is 2.76. The Kier molecular flexibility index (Phi) is 4.97. The van der Waals surface area contributed by atoms with Crippen LogP contribution in [0.25, 0.3) is 0 Å². The van der Waals surface area contributed by atoms with Crippen LogP contribution in [0.2, 0.25) is 0 Å². The number of amides is 1. The Hall–Kier alpha value is -2.25. The number of nitrogens with zero attached hydrogens (tertiary/aromatic N) is 2. The first-order valence-corrected chi connectivity index (χ1v) is 11.0. The van der Waals surface area contributed by atoms with Gasteiger partial charge in [0.25, 0.3) is 0 Å². The van der Waals surface area contributed by atoms with Gasteiger partial charge in [-0.05, 0) is 29.2 Å². The van der Waals surface area contributed by atoms with Crippen LogP contribution in [0.3, 0.4) is 0 Å². The molecule has 148 valence electrons. The lowest BCUT2D eigenvalue weighted by molar-refractivity contribution is -0.130. The van der Waals surface area contributed by atoms with Gasteiger partial charge in [-0.2, -0.15) is 0 Å². The second-order valence-corrected chi connectivity index (χ2v) is 9.62. The van der Waals surface area contributed by atoms with Crippen molar-refractivity contribution in [3.63, 3.8) is 0 Å². The molecule has 0 N–H and O–H groups in total. The molecule has 0 saturated carbocycles. The lowest BCUT2D eigenvalue weighted by atomic mass is 9.89. The number of hydrogen-bond donors (Lipinski definition) is 0. The monoisotopic (exact) mass is 402 g/mol. The molecule has 0 spiro atoms. The van der Waals surface area contributed by atoms with Gasteiger partial charge >= 0.3 is 0 Å². The van der Waals surface area contributed by atoms with Gasteiger partial charge in [-0.1, -0.05) is 42.5 Å². The minimum atomic E-state index is -3.45. The van der Waals surface area contributed by atoms with Gasteiger partial charge in [0, 0.05) is 32.5 Å². The number of carbonyl (C=O) groups is 1. The normalized spacial score (nSPS) is 25.1. The Morgan fingerprint density at radius 1 is 1.07 bits per heavy atom. The lowest BCUT2D eigenvalue weighted by Crippen LogP contribution is -2.37. The van der Waals surface area contributed by atoms with Gasteiger partial charge in [0.1, 0.15) is 5.82 Å². The highest BCUT2D eigenvalue weighted by atomic mass is 32.2. The van der Waals surface area contributed by atoms with Crippen molar-refractivity contribution in [1.29, 1.82) is 0 Å². The third-order valence-electron chi connectivity index (χ3n) is 5.81. The molecule has 28 heavy (non-hydrogen) atoms. The first kappa shape index (κ1) is 19.1. The highest BCUT2D eigenvalue weighted by Gasteiger charge is 2.50. The van der Waals surface area contributed by atoms with Gasteiger partial charge in [0.15, 0.2) is 0 Å². The van der Waals surface area contributed by atoms with E-state index in [-0.39, 0.29) is 35.4 Å². The predicted molar refractivity (Wildman–Crippen MR) is 104 cm³/mol. The maximum absolute atomic E-state index is 13.8. The summed E-state index contributed by atoms with van der Waals surface area (Å²) < 4.78 is 41.2. The highest BCUT2D eigenvalue weighted by Crippen LogP contribution is 2.45. The molecule has 5 nitrogen and oxygen atoms in total. The molecule has 2 aliphatic rings. The number of carbonyl (C=O) groups excluding carboxylic acids is 1. The fraction of sp³-hybridized carbons (Fsp3) is 0.381. The van der Waals surface area contributed by atoms with E-state index in [0.29, 0.717) is 19.6 Å². The first-order valence-electron chi connectivity index (χ1n) is 9.39. The summed E-state index contributed by atoms with van der Waals surface area (Å²) >= 11 is 0. The van der Waals surface area contributed by atoms with Crippen molar-refractivity contribution in [2.75, 3.05) is 19.6 Å². The third kappa shape index (κ3) is 3.56. The molecule has 2 aromatic rings. The molecule has 2 aromatic carbocycles. The number of sulfonamides is 1. The Morgan fingerprint density at radius 3 is 2.50 bits per heavy atom. The standard InChI is InChI=1S/C21H23FN2O3S/c1-15(25)24-12-18-11-23(28(26,27)14-16-6-3-2-4-7-16)13-20(18)21(24)17-8-5-9-19(22)10-17/h2-10,18,20-21H,11-14H2,1H3/t18-,20-,21+/m1/s1. The SMILES string of the molecule is CC(=O)N1C[C@H]2CN(S(=O)(=O)Cc3ccccc3)C[C@H]2[C@@H]1c1cccc(F)c1. The van der Waals surface area contributed by atoms with Crippen LogP contribution >= 0.6 is 0 Å². The number of halogens is 1. The van der Waals surface area contributed by atoms with Crippen molar-refractivity contribution >= 4 is 15.9 Å². The Labute approximate surface area is 164 Å². The number of fused-ring (bicyclic) bond motifs is 1. The van der Waals surface area contributed by atoms with E-state index in [4.69, 9.17) is 0 Å². The largest absolute Gasteiger partial charge is 0.335 e. The summed E-state index contributed by atoms with van der Waals surface area (Å²) in [7, 11) is -3.45. The number of likely N-dealkylation sites (tertiary alicyclic amines) is 1. The van der Waals surface area contributed by atoms with E-state index in [1.807, 2.05) is 36.4 Å². The van der Waals surface area contributed by atoms with Crippen LogP contribution in [-0.2, 0) is 20.6 Å². The van der Waals surface area contributed by atoms with Gasteiger partial charge < -0.3 is 4.90 Å². The molecule has 0 bridgehead atoms. The van der Waals surface area contributed by atoms with Crippen LogP contribution in [0.1, 0.15) is 24.1 Å². The number of benzene rings is 2. The molecule has 7 heteroatoms. The average molecular weight is 402 g/mol. The van der Waals surface area contributed by atoms with Crippen LogP contribution in [0.5, 0.6) is 0 Å². The molecule has 3 atom stereocenters. The van der Waals surface area contributed by atoms with E-state index in [2.05, 4.69) is 0 Å². The van der Waals surface area contributed by atoms with Crippen LogP contribution in [0, 0.1) is 17.7 Å². The van der Waals surface area contributed by atoms with Crippen LogP contribution in [0.4, 0.5) is 4.39 Å². The third-order valence-corrected chi connectivity index (χ3v) is 7.59. The molecule has 0 radical (unpaired) electrons. The van der Waals surface area contributed by atoms with E-state index in [9.17, 15) is 17.6 Å². The van der Waals surface area contributed by atoms with E-state index in [1.165, 1.54) is 19.1 Å². The predicted octanol–water partition coefficient (Wildman–Crippen LogP) is 2.81. The van der Waals surface area contributed by atoms with Gasteiger partial charge in [-0.3, -0.25) is 4.79 Å². The summed E-state index contributed by atoms with van der Waals surface area (Å²) in [6, 6.07) is 15.1. The zero-order chi connectivity index (χ0) is 19.9. The molecule has 2 heterocycles. The summed E-state index contributed by atoms with van der Waals surface area (Å²) in [5.74, 6) is -0.425. The van der Waals surface area contributed by atoms with Gasteiger partial charge in [-0.15, -0.1) is 0 Å². The second-order valence-electron chi connectivity index (χ2n) is 7.65. The lowest BCUT2D eigenvalue weighted by Gasteiger charge is -2.29. The van der Waals surface area contributed by atoms with E-state index in [1.54, 1.807) is 15.3 Å². The Balaban J connectivity index is 1.58. The summed E-state index contributed by atoms with van der Waals surface area (Å²) in [6.07, 6.45) is 0. The van der Waals surface area contributed by atoms with Crippen molar-refractivity contribution in [1.82, 2.24) is 9.21 Å². The smallest absolute Gasteiger partial charge is 0.219 e. The van der Waals surface area contributed by atoms with E-state index < -0.39 is 10.0 Å². The molecule has 0 aliphatic carbocycles. The molecule has 2 saturated heterocycles. The zero-order valence-electron chi connectivity index (χ0n) is 15.7. The highest BCUT2D eigenvalue weighted by molar-refractivity contribution is 7.88. The Bertz CT molecular complexity index is 980.